The Balaban J connectivity index is 1.93. The van der Waals surface area contributed by atoms with Gasteiger partial charge in [0.1, 0.15) is 0 Å². The highest BCUT2D eigenvalue weighted by Crippen LogP contribution is 2.15. The molecular formula is C17H13N3O3. The molecule has 2 aromatic carbocycles. The van der Waals surface area contributed by atoms with Gasteiger partial charge in [0, 0.05) is 16.6 Å². The molecule has 0 fully saturated rings. The van der Waals surface area contributed by atoms with Crippen molar-refractivity contribution in [3.05, 3.63) is 70.1 Å². The lowest BCUT2D eigenvalue weighted by molar-refractivity contribution is 0.101. The third-order valence-corrected chi connectivity index (χ3v) is 3.46. The fraction of sp³-hybridized carbons (Fsp3) is 0.0588. The van der Waals surface area contributed by atoms with Gasteiger partial charge in [-0.1, -0.05) is 18.2 Å². The van der Waals surface area contributed by atoms with Gasteiger partial charge in [0.2, 0.25) is 0 Å². The molecule has 23 heavy (non-hydrogen) atoms. The number of hydrogen-bond donors (Lipinski definition) is 2. The minimum atomic E-state index is -0.437. The van der Waals surface area contributed by atoms with Crippen LogP contribution in [-0.4, -0.2) is 21.9 Å². The van der Waals surface area contributed by atoms with Crippen molar-refractivity contribution in [3.63, 3.8) is 0 Å². The second kappa shape index (κ2) is 5.84. The number of carbonyl (C=O) groups is 2. The zero-order valence-electron chi connectivity index (χ0n) is 12.3. The molecule has 0 saturated carbocycles. The standard InChI is InChI=1S/C17H13N3O3/c1-10(21)11-6-8-12(9-7-11)18-17(23)15-13-4-2-3-5-14(13)16(22)20-19-15/h2-9H,1H3,(H,18,23)(H,20,22). The molecule has 0 aliphatic carbocycles. The summed E-state index contributed by atoms with van der Waals surface area (Å²) in [4.78, 5) is 35.4. The molecule has 0 aliphatic heterocycles. The number of Topliss-reactive ketones (excluding diaryl/α,β-unsaturated/α-hetero) is 1. The zero-order chi connectivity index (χ0) is 16.4. The van der Waals surface area contributed by atoms with Gasteiger partial charge in [-0.25, -0.2) is 5.10 Å². The number of aromatic amines is 1. The summed E-state index contributed by atoms with van der Waals surface area (Å²) in [5.74, 6) is -0.482. The van der Waals surface area contributed by atoms with Crippen LogP contribution in [0.4, 0.5) is 5.69 Å². The Hall–Kier alpha value is -3.28. The van der Waals surface area contributed by atoms with Gasteiger partial charge in [-0.15, -0.1) is 0 Å². The average molecular weight is 307 g/mol. The van der Waals surface area contributed by atoms with Crippen molar-refractivity contribution < 1.29 is 9.59 Å². The number of carbonyl (C=O) groups excluding carboxylic acids is 2. The summed E-state index contributed by atoms with van der Waals surface area (Å²) in [6.45, 7) is 1.48. The van der Waals surface area contributed by atoms with E-state index in [9.17, 15) is 14.4 Å². The van der Waals surface area contributed by atoms with Gasteiger partial charge in [0.25, 0.3) is 11.5 Å². The van der Waals surface area contributed by atoms with E-state index in [1.807, 2.05) is 0 Å². The molecule has 0 bridgehead atoms. The van der Waals surface area contributed by atoms with Crippen molar-refractivity contribution in [2.24, 2.45) is 0 Å². The lowest BCUT2D eigenvalue weighted by Gasteiger charge is -2.07. The number of fused-ring (bicyclic) bond motifs is 1. The van der Waals surface area contributed by atoms with Crippen molar-refractivity contribution >= 4 is 28.2 Å². The van der Waals surface area contributed by atoms with E-state index < -0.39 is 5.91 Å². The Kier molecular flexibility index (Phi) is 3.72. The minimum absolute atomic E-state index is 0.0452. The molecule has 0 saturated heterocycles. The van der Waals surface area contributed by atoms with Crippen LogP contribution in [0, 0.1) is 0 Å². The maximum atomic E-state index is 12.4. The van der Waals surface area contributed by atoms with Crippen molar-refractivity contribution in [1.29, 1.82) is 0 Å². The Labute approximate surface area is 131 Å². The molecule has 2 N–H and O–H groups in total. The lowest BCUT2D eigenvalue weighted by Crippen LogP contribution is -2.19. The van der Waals surface area contributed by atoms with E-state index in [0.29, 0.717) is 22.0 Å². The number of nitrogens with zero attached hydrogens (tertiary/aromatic N) is 1. The first-order valence-corrected chi connectivity index (χ1v) is 6.96. The number of nitrogens with one attached hydrogen (secondary N) is 2. The van der Waals surface area contributed by atoms with Crippen LogP contribution < -0.4 is 10.9 Å². The topological polar surface area (TPSA) is 91.9 Å². The van der Waals surface area contributed by atoms with E-state index in [-0.39, 0.29) is 17.0 Å². The predicted octanol–water partition coefficient (Wildman–Crippen LogP) is 2.38. The maximum absolute atomic E-state index is 12.4. The summed E-state index contributed by atoms with van der Waals surface area (Å²) in [5.41, 5.74) is 0.895. The van der Waals surface area contributed by atoms with E-state index in [1.165, 1.54) is 6.92 Å². The van der Waals surface area contributed by atoms with E-state index >= 15 is 0 Å². The molecular weight excluding hydrogens is 294 g/mol. The number of benzene rings is 2. The highest BCUT2D eigenvalue weighted by atomic mass is 16.2. The summed E-state index contributed by atoms with van der Waals surface area (Å²) in [5, 5.41) is 9.75. The fourth-order valence-electron chi connectivity index (χ4n) is 2.27. The molecule has 0 spiro atoms. The number of aromatic nitrogens is 2. The van der Waals surface area contributed by atoms with E-state index in [1.54, 1.807) is 48.5 Å². The molecule has 0 atom stereocenters. The van der Waals surface area contributed by atoms with Crippen LogP contribution >= 0.6 is 0 Å². The Morgan fingerprint density at radius 2 is 1.65 bits per heavy atom. The minimum Gasteiger partial charge on any atom is -0.321 e. The summed E-state index contributed by atoms with van der Waals surface area (Å²) in [6.07, 6.45) is 0. The third-order valence-electron chi connectivity index (χ3n) is 3.46. The largest absolute Gasteiger partial charge is 0.321 e. The van der Waals surface area contributed by atoms with Crippen LogP contribution in [0.15, 0.2) is 53.3 Å². The monoisotopic (exact) mass is 307 g/mol. The highest BCUT2D eigenvalue weighted by molar-refractivity contribution is 6.11. The first-order chi connectivity index (χ1) is 11.1. The van der Waals surface area contributed by atoms with Crippen LogP contribution in [-0.2, 0) is 0 Å². The summed E-state index contributed by atoms with van der Waals surface area (Å²) in [7, 11) is 0. The SMILES string of the molecule is CC(=O)c1ccc(NC(=O)c2n[nH]c(=O)c3ccccc23)cc1. The average Bonchev–Trinajstić information content (AvgIpc) is 2.56. The van der Waals surface area contributed by atoms with Crippen LogP contribution in [0.5, 0.6) is 0 Å². The fourth-order valence-corrected chi connectivity index (χ4v) is 2.27. The molecule has 3 rings (SSSR count). The normalized spacial score (nSPS) is 10.5. The molecule has 6 heteroatoms. The molecule has 1 aromatic heterocycles. The van der Waals surface area contributed by atoms with Gasteiger partial charge in [-0.3, -0.25) is 14.4 Å². The Bertz CT molecular complexity index is 959. The molecule has 0 unspecified atom stereocenters. The highest BCUT2D eigenvalue weighted by Gasteiger charge is 2.14. The van der Waals surface area contributed by atoms with Gasteiger partial charge < -0.3 is 5.32 Å². The predicted molar refractivity (Wildman–Crippen MR) is 86.8 cm³/mol. The van der Waals surface area contributed by atoms with Gasteiger partial charge >= 0.3 is 0 Å². The number of rotatable bonds is 3. The van der Waals surface area contributed by atoms with Crippen molar-refractivity contribution in [2.75, 3.05) is 5.32 Å². The lowest BCUT2D eigenvalue weighted by atomic mass is 10.1. The Morgan fingerprint density at radius 1 is 1.00 bits per heavy atom. The van der Waals surface area contributed by atoms with Crippen molar-refractivity contribution in [1.82, 2.24) is 10.2 Å². The number of anilines is 1. The number of hydrogen-bond acceptors (Lipinski definition) is 4. The van der Waals surface area contributed by atoms with E-state index in [4.69, 9.17) is 0 Å². The van der Waals surface area contributed by atoms with Gasteiger partial charge in [-0.2, -0.15) is 5.10 Å². The van der Waals surface area contributed by atoms with Crippen LogP contribution in [0.3, 0.4) is 0 Å². The molecule has 0 radical (unpaired) electrons. The first-order valence-electron chi connectivity index (χ1n) is 6.96. The first kappa shape index (κ1) is 14.6. The summed E-state index contributed by atoms with van der Waals surface area (Å²) in [6, 6.07) is 13.3. The second-order valence-electron chi connectivity index (χ2n) is 5.03. The number of H-pyrrole nitrogens is 1. The third kappa shape index (κ3) is 2.87. The molecule has 114 valence electrons. The van der Waals surface area contributed by atoms with Gasteiger partial charge in [0.05, 0.1) is 5.39 Å². The smallest absolute Gasteiger partial charge is 0.276 e. The molecule has 0 aliphatic rings. The quantitative estimate of drug-likeness (QED) is 0.727. The molecule has 1 amide bonds. The van der Waals surface area contributed by atoms with Crippen molar-refractivity contribution in [3.8, 4) is 0 Å². The molecule has 6 nitrogen and oxygen atoms in total. The summed E-state index contributed by atoms with van der Waals surface area (Å²) < 4.78 is 0. The van der Waals surface area contributed by atoms with Crippen LogP contribution in [0.1, 0.15) is 27.8 Å². The van der Waals surface area contributed by atoms with E-state index in [2.05, 4.69) is 15.5 Å². The summed E-state index contributed by atoms with van der Waals surface area (Å²) >= 11 is 0. The van der Waals surface area contributed by atoms with E-state index in [0.717, 1.165) is 0 Å². The second-order valence-corrected chi connectivity index (χ2v) is 5.03. The number of ketones is 1. The van der Waals surface area contributed by atoms with Gasteiger partial charge in [-0.05, 0) is 37.3 Å². The maximum Gasteiger partial charge on any atom is 0.276 e. The molecule has 1 heterocycles. The van der Waals surface area contributed by atoms with Crippen LogP contribution in [0.2, 0.25) is 0 Å². The van der Waals surface area contributed by atoms with Crippen molar-refractivity contribution in [2.45, 2.75) is 6.92 Å². The van der Waals surface area contributed by atoms with Gasteiger partial charge in [0.15, 0.2) is 11.5 Å². The van der Waals surface area contributed by atoms with Crippen LogP contribution in [0.25, 0.3) is 10.8 Å². The number of amides is 1. The Morgan fingerprint density at radius 3 is 2.30 bits per heavy atom. The molecule has 3 aromatic rings. The zero-order valence-corrected chi connectivity index (χ0v) is 12.3.